The number of hydrogen-bond donors (Lipinski definition) is 1. The van der Waals surface area contributed by atoms with E-state index in [0.29, 0.717) is 23.8 Å². The molecule has 2 aromatic rings. The van der Waals surface area contributed by atoms with Crippen molar-refractivity contribution in [2.24, 2.45) is 11.8 Å². The number of sulfonamides is 1. The summed E-state index contributed by atoms with van der Waals surface area (Å²) < 4.78 is 27.9. The lowest BCUT2D eigenvalue weighted by Crippen LogP contribution is -2.37. The van der Waals surface area contributed by atoms with E-state index >= 15 is 0 Å². The lowest BCUT2D eigenvalue weighted by molar-refractivity contribution is 0.102. The van der Waals surface area contributed by atoms with Crippen molar-refractivity contribution < 1.29 is 13.2 Å². The van der Waals surface area contributed by atoms with Crippen LogP contribution in [0.5, 0.6) is 0 Å². The molecule has 0 saturated heterocycles. The Hall–Kier alpha value is -1.81. The minimum Gasteiger partial charge on any atom is -0.298 e. The Kier molecular flexibility index (Phi) is 8.66. The highest BCUT2D eigenvalue weighted by atomic mass is 32.2. The van der Waals surface area contributed by atoms with Crippen molar-refractivity contribution in [3.05, 3.63) is 40.4 Å². The van der Waals surface area contributed by atoms with Gasteiger partial charge in [-0.3, -0.25) is 15.0 Å². The first-order chi connectivity index (χ1) is 15.6. The Morgan fingerprint density at radius 3 is 2.36 bits per heavy atom. The van der Waals surface area contributed by atoms with Crippen LogP contribution in [0.15, 0.2) is 29.2 Å². The molecule has 9 heteroatoms. The van der Waals surface area contributed by atoms with Crippen LogP contribution in [0, 0.1) is 11.8 Å². The second-order valence-corrected chi connectivity index (χ2v) is 12.5. The van der Waals surface area contributed by atoms with E-state index in [4.69, 9.17) is 0 Å². The molecule has 1 aliphatic rings. The molecule has 1 N–H and O–H groups in total. The lowest BCUT2D eigenvalue weighted by Gasteiger charge is -2.25. The first kappa shape index (κ1) is 25.8. The van der Waals surface area contributed by atoms with Crippen LogP contribution in [-0.4, -0.2) is 54.7 Å². The summed E-state index contributed by atoms with van der Waals surface area (Å²) >= 11 is 1.52. The molecule has 33 heavy (non-hydrogen) atoms. The SMILES string of the molecule is CCCN1CCc2nc(NC(=O)c3ccc(S(=O)(=O)N(CC(C)C)CC(C)C)cc3)sc2C1. The van der Waals surface area contributed by atoms with Gasteiger partial charge in [-0.25, -0.2) is 13.4 Å². The number of benzene rings is 1. The van der Waals surface area contributed by atoms with Gasteiger partial charge < -0.3 is 0 Å². The Morgan fingerprint density at radius 2 is 1.79 bits per heavy atom. The summed E-state index contributed by atoms with van der Waals surface area (Å²) in [6.07, 6.45) is 2.02. The summed E-state index contributed by atoms with van der Waals surface area (Å²) in [5.41, 5.74) is 1.48. The quantitative estimate of drug-likeness (QED) is 0.529. The normalized spacial score (nSPS) is 14.8. The van der Waals surface area contributed by atoms with Crippen molar-refractivity contribution in [2.45, 2.75) is 58.9 Å². The number of nitrogens with zero attached hydrogens (tertiary/aromatic N) is 3. The molecule has 0 bridgehead atoms. The molecule has 182 valence electrons. The van der Waals surface area contributed by atoms with Gasteiger partial charge in [0.1, 0.15) is 0 Å². The maximum Gasteiger partial charge on any atom is 0.257 e. The topological polar surface area (TPSA) is 82.6 Å². The second kappa shape index (κ2) is 11.1. The Morgan fingerprint density at radius 1 is 1.15 bits per heavy atom. The van der Waals surface area contributed by atoms with Gasteiger partial charge in [-0.15, -0.1) is 11.3 Å². The van der Waals surface area contributed by atoms with Gasteiger partial charge in [-0.1, -0.05) is 34.6 Å². The Balaban J connectivity index is 1.70. The summed E-state index contributed by atoms with van der Waals surface area (Å²) in [6.45, 7) is 14.1. The number of amides is 1. The summed E-state index contributed by atoms with van der Waals surface area (Å²) in [4.78, 5) is 21.2. The molecule has 0 unspecified atom stereocenters. The van der Waals surface area contributed by atoms with E-state index in [9.17, 15) is 13.2 Å². The van der Waals surface area contributed by atoms with Crippen molar-refractivity contribution in [1.82, 2.24) is 14.2 Å². The highest BCUT2D eigenvalue weighted by molar-refractivity contribution is 7.89. The zero-order chi connectivity index (χ0) is 24.2. The van der Waals surface area contributed by atoms with Crippen LogP contribution in [0.3, 0.4) is 0 Å². The van der Waals surface area contributed by atoms with Crippen LogP contribution >= 0.6 is 11.3 Å². The van der Waals surface area contributed by atoms with Crippen molar-refractivity contribution in [2.75, 3.05) is 31.5 Å². The van der Waals surface area contributed by atoms with Crippen LogP contribution in [0.25, 0.3) is 0 Å². The van der Waals surface area contributed by atoms with Gasteiger partial charge in [-0.2, -0.15) is 4.31 Å². The number of carbonyl (C=O) groups is 1. The standard InChI is InChI=1S/C24H36N4O3S2/c1-6-12-27-13-11-21-22(16-27)32-24(25-21)26-23(29)19-7-9-20(10-8-19)33(30,31)28(14-17(2)3)15-18(4)5/h7-10,17-18H,6,11-16H2,1-5H3,(H,25,26,29). The minimum absolute atomic E-state index is 0.209. The third-order valence-electron chi connectivity index (χ3n) is 5.46. The molecule has 0 radical (unpaired) electrons. The molecule has 0 aliphatic carbocycles. The summed E-state index contributed by atoms with van der Waals surface area (Å²) in [7, 11) is -3.62. The minimum atomic E-state index is -3.62. The van der Waals surface area contributed by atoms with Crippen LogP contribution in [0.1, 0.15) is 62.0 Å². The fourth-order valence-corrected chi connectivity index (χ4v) is 6.80. The largest absolute Gasteiger partial charge is 0.298 e. The number of carbonyl (C=O) groups excluding carboxylic acids is 1. The third kappa shape index (κ3) is 6.62. The number of rotatable bonds is 10. The number of fused-ring (bicyclic) bond motifs is 1. The molecular weight excluding hydrogens is 456 g/mol. The molecule has 7 nitrogen and oxygen atoms in total. The highest BCUT2D eigenvalue weighted by Gasteiger charge is 2.26. The van der Waals surface area contributed by atoms with Gasteiger partial charge in [0, 0.05) is 43.0 Å². The Labute approximate surface area is 202 Å². The van der Waals surface area contributed by atoms with Crippen LogP contribution in [-0.2, 0) is 23.0 Å². The van der Waals surface area contributed by atoms with E-state index in [1.54, 1.807) is 16.4 Å². The molecule has 1 aromatic carbocycles. The fraction of sp³-hybridized carbons (Fsp3) is 0.583. The van der Waals surface area contributed by atoms with Crippen molar-refractivity contribution in [1.29, 1.82) is 0 Å². The van der Waals surface area contributed by atoms with Crippen LogP contribution in [0.4, 0.5) is 5.13 Å². The highest BCUT2D eigenvalue weighted by Crippen LogP contribution is 2.29. The van der Waals surface area contributed by atoms with E-state index < -0.39 is 10.0 Å². The maximum atomic E-state index is 13.2. The van der Waals surface area contributed by atoms with Gasteiger partial charge in [0.15, 0.2) is 5.13 Å². The first-order valence-corrected chi connectivity index (χ1v) is 14.0. The summed E-state index contributed by atoms with van der Waals surface area (Å²) in [5, 5.41) is 3.48. The summed E-state index contributed by atoms with van der Waals surface area (Å²) in [6, 6.07) is 6.18. The van der Waals surface area contributed by atoms with Crippen molar-refractivity contribution >= 4 is 32.4 Å². The number of anilines is 1. The van der Waals surface area contributed by atoms with Crippen LogP contribution in [0.2, 0.25) is 0 Å². The third-order valence-corrected chi connectivity index (χ3v) is 8.31. The Bertz CT molecular complexity index is 1040. The van der Waals surface area contributed by atoms with Crippen LogP contribution < -0.4 is 5.32 Å². The van der Waals surface area contributed by atoms with Crippen molar-refractivity contribution in [3.8, 4) is 0 Å². The van der Waals surface area contributed by atoms with Gasteiger partial charge in [0.25, 0.3) is 5.91 Å². The zero-order valence-corrected chi connectivity index (χ0v) is 21.9. The molecule has 0 saturated carbocycles. The van der Waals surface area contributed by atoms with Gasteiger partial charge in [0.05, 0.1) is 10.6 Å². The molecule has 1 amide bonds. The average Bonchev–Trinajstić information content (AvgIpc) is 3.14. The maximum absolute atomic E-state index is 13.2. The molecule has 1 aliphatic heterocycles. The predicted molar refractivity (Wildman–Crippen MR) is 134 cm³/mol. The number of nitrogens with one attached hydrogen (secondary N) is 1. The fourth-order valence-electron chi connectivity index (χ4n) is 3.99. The predicted octanol–water partition coefficient (Wildman–Crippen LogP) is 4.47. The smallest absolute Gasteiger partial charge is 0.257 e. The lowest BCUT2D eigenvalue weighted by atomic mass is 10.2. The van der Waals surface area contributed by atoms with E-state index in [0.717, 1.165) is 38.2 Å². The van der Waals surface area contributed by atoms with E-state index in [1.807, 2.05) is 27.7 Å². The molecule has 3 rings (SSSR count). The summed E-state index contributed by atoms with van der Waals surface area (Å²) in [5.74, 6) is 0.167. The van der Waals surface area contributed by atoms with E-state index in [-0.39, 0.29) is 22.6 Å². The monoisotopic (exact) mass is 492 g/mol. The molecule has 0 spiro atoms. The van der Waals surface area contributed by atoms with E-state index in [2.05, 4.69) is 22.1 Å². The molecule has 0 atom stereocenters. The first-order valence-electron chi connectivity index (χ1n) is 11.7. The molecule has 1 aromatic heterocycles. The average molecular weight is 493 g/mol. The second-order valence-electron chi connectivity index (χ2n) is 9.50. The van der Waals surface area contributed by atoms with Gasteiger partial charge in [-0.05, 0) is 49.1 Å². The molecule has 2 heterocycles. The number of aromatic nitrogens is 1. The van der Waals surface area contributed by atoms with Crippen molar-refractivity contribution in [3.63, 3.8) is 0 Å². The molecule has 0 fully saturated rings. The zero-order valence-electron chi connectivity index (χ0n) is 20.3. The van der Waals surface area contributed by atoms with Gasteiger partial charge >= 0.3 is 0 Å². The number of thiazole rings is 1. The molecular formula is C24H36N4O3S2. The number of hydrogen-bond acceptors (Lipinski definition) is 6. The van der Waals surface area contributed by atoms with Gasteiger partial charge in [0.2, 0.25) is 10.0 Å². The van der Waals surface area contributed by atoms with E-state index in [1.165, 1.54) is 28.3 Å².